The Balaban J connectivity index is 1.56. The van der Waals surface area contributed by atoms with Crippen molar-refractivity contribution in [3.8, 4) is 12.3 Å². The minimum atomic E-state index is -0.0977. The number of hydrogen-bond donors (Lipinski definition) is 0. The third-order valence-corrected chi connectivity index (χ3v) is 5.89. The maximum absolute atomic E-state index is 6.11. The normalized spacial score (nSPS) is 12.6. The van der Waals surface area contributed by atoms with E-state index in [0.29, 0.717) is 10.9 Å². The van der Waals surface area contributed by atoms with Crippen LogP contribution in [0.15, 0.2) is 84.9 Å². The number of benzene rings is 3. The van der Waals surface area contributed by atoms with Gasteiger partial charge in [-0.1, -0.05) is 110 Å². The minimum Gasteiger partial charge on any atom is -0.248 e. The van der Waals surface area contributed by atoms with Crippen LogP contribution in [0.4, 0.5) is 0 Å². The van der Waals surface area contributed by atoms with Crippen LogP contribution in [0, 0.1) is 12.3 Å². The van der Waals surface area contributed by atoms with Crippen LogP contribution in [-0.4, -0.2) is 4.98 Å². The summed E-state index contributed by atoms with van der Waals surface area (Å²) in [4.78, 5) is 4.70. The highest BCUT2D eigenvalue weighted by molar-refractivity contribution is 6.31. The van der Waals surface area contributed by atoms with Gasteiger partial charge in [0.15, 0.2) is 0 Å². The van der Waals surface area contributed by atoms with Gasteiger partial charge in [-0.3, -0.25) is 0 Å². The van der Waals surface area contributed by atoms with Gasteiger partial charge in [0.25, 0.3) is 0 Å². The molecule has 4 aromatic rings. The molecule has 0 saturated carbocycles. The number of rotatable bonds is 6. The standard InChI is InChI=1S/C31H26ClN/c1-4-24(13-14-25-9-5-6-11-30(25)22(2)3)27-10-7-8-23(20-27)12-18-29-19-16-26-15-17-28(32)21-31(26)33-29/h1,5-22,24H,2-3H3/b14-13+,18-12+. The lowest BCUT2D eigenvalue weighted by Gasteiger charge is -2.11. The van der Waals surface area contributed by atoms with E-state index in [4.69, 9.17) is 23.0 Å². The summed E-state index contributed by atoms with van der Waals surface area (Å²) in [6, 6.07) is 26.6. The molecular weight excluding hydrogens is 422 g/mol. The highest BCUT2D eigenvalue weighted by atomic mass is 35.5. The number of terminal acetylenes is 1. The molecule has 1 aromatic heterocycles. The van der Waals surface area contributed by atoms with Gasteiger partial charge in [-0.2, -0.15) is 0 Å². The van der Waals surface area contributed by atoms with Crippen molar-refractivity contribution < 1.29 is 0 Å². The lowest BCUT2D eigenvalue weighted by atomic mass is 9.93. The average molecular weight is 448 g/mol. The molecule has 0 aliphatic carbocycles. The smallest absolute Gasteiger partial charge is 0.0724 e. The third-order valence-electron chi connectivity index (χ3n) is 5.66. The van der Waals surface area contributed by atoms with Crippen LogP contribution in [0.25, 0.3) is 29.1 Å². The van der Waals surface area contributed by atoms with Crippen molar-refractivity contribution >= 4 is 40.7 Å². The van der Waals surface area contributed by atoms with Gasteiger partial charge < -0.3 is 0 Å². The number of pyridine rings is 1. The molecule has 0 aliphatic rings. The first-order chi connectivity index (χ1) is 16.0. The molecule has 4 rings (SSSR count). The van der Waals surface area contributed by atoms with Gasteiger partial charge in [0, 0.05) is 10.4 Å². The van der Waals surface area contributed by atoms with Gasteiger partial charge in [-0.05, 0) is 52.4 Å². The van der Waals surface area contributed by atoms with Crippen molar-refractivity contribution in [2.24, 2.45) is 0 Å². The summed E-state index contributed by atoms with van der Waals surface area (Å²) >= 11 is 6.11. The molecule has 1 heterocycles. The topological polar surface area (TPSA) is 12.9 Å². The first-order valence-corrected chi connectivity index (χ1v) is 11.5. The fraction of sp³-hybridized carbons (Fsp3) is 0.129. The highest BCUT2D eigenvalue weighted by Crippen LogP contribution is 2.24. The number of allylic oxidation sites excluding steroid dienone is 1. The lowest BCUT2D eigenvalue weighted by Crippen LogP contribution is -1.94. The Morgan fingerprint density at radius 2 is 1.70 bits per heavy atom. The number of nitrogens with zero attached hydrogens (tertiary/aromatic N) is 1. The quantitative estimate of drug-likeness (QED) is 0.269. The van der Waals surface area contributed by atoms with E-state index in [1.165, 1.54) is 11.1 Å². The summed E-state index contributed by atoms with van der Waals surface area (Å²) in [5.74, 6) is 3.29. The van der Waals surface area contributed by atoms with E-state index in [9.17, 15) is 0 Å². The van der Waals surface area contributed by atoms with E-state index in [1.807, 2.05) is 36.4 Å². The van der Waals surface area contributed by atoms with E-state index in [0.717, 1.165) is 27.7 Å². The van der Waals surface area contributed by atoms with Crippen LogP contribution in [0.1, 0.15) is 53.6 Å². The summed E-state index contributed by atoms with van der Waals surface area (Å²) in [5, 5.41) is 1.76. The molecule has 0 radical (unpaired) electrons. The second-order valence-electron chi connectivity index (χ2n) is 8.36. The molecule has 0 saturated heterocycles. The molecule has 2 heteroatoms. The van der Waals surface area contributed by atoms with E-state index in [1.54, 1.807) is 0 Å². The first kappa shape index (κ1) is 22.6. The Hall–Kier alpha value is -3.60. The number of halogens is 1. The second-order valence-corrected chi connectivity index (χ2v) is 8.80. The zero-order valence-corrected chi connectivity index (χ0v) is 19.6. The Labute approximate surface area is 201 Å². The molecule has 0 spiro atoms. The fourth-order valence-corrected chi connectivity index (χ4v) is 4.05. The monoisotopic (exact) mass is 447 g/mol. The van der Waals surface area contributed by atoms with Crippen molar-refractivity contribution in [2.75, 3.05) is 0 Å². The SMILES string of the molecule is C#CC(/C=C/c1ccccc1C(C)C)c1cccc(/C=C/c2ccc3ccc(Cl)cc3n2)c1. The maximum atomic E-state index is 6.11. The van der Waals surface area contributed by atoms with Crippen molar-refractivity contribution in [1.82, 2.24) is 4.98 Å². The summed E-state index contributed by atoms with van der Waals surface area (Å²) < 4.78 is 0. The predicted octanol–water partition coefficient (Wildman–Crippen LogP) is 8.61. The van der Waals surface area contributed by atoms with Crippen LogP contribution >= 0.6 is 11.6 Å². The average Bonchev–Trinajstić information content (AvgIpc) is 2.83. The maximum Gasteiger partial charge on any atom is 0.0724 e. The Morgan fingerprint density at radius 3 is 2.52 bits per heavy atom. The number of fused-ring (bicyclic) bond motifs is 1. The van der Waals surface area contributed by atoms with Gasteiger partial charge in [0.1, 0.15) is 0 Å². The Kier molecular flexibility index (Phi) is 7.08. The summed E-state index contributed by atoms with van der Waals surface area (Å²) in [6.45, 7) is 4.42. The molecule has 0 aliphatic heterocycles. The molecule has 0 amide bonds. The molecule has 162 valence electrons. The molecule has 1 nitrogen and oxygen atoms in total. The van der Waals surface area contributed by atoms with Gasteiger partial charge >= 0.3 is 0 Å². The van der Waals surface area contributed by atoms with Crippen molar-refractivity contribution in [2.45, 2.75) is 25.7 Å². The van der Waals surface area contributed by atoms with Crippen LogP contribution in [0.3, 0.4) is 0 Å². The van der Waals surface area contributed by atoms with Crippen LogP contribution in [0.5, 0.6) is 0 Å². The van der Waals surface area contributed by atoms with Crippen LogP contribution < -0.4 is 0 Å². The third kappa shape index (κ3) is 5.61. The fourth-order valence-electron chi connectivity index (χ4n) is 3.89. The van der Waals surface area contributed by atoms with Crippen molar-refractivity contribution in [3.05, 3.63) is 118 Å². The van der Waals surface area contributed by atoms with Gasteiger partial charge in [-0.25, -0.2) is 4.98 Å². The van der Waals surface area contributed by atoms with Gasteiger partial charge in [0.2, 0.25) is 0 Å². The largest absolute Gasteiger partial charge is 0.248 e. The summed E-state index contributed by atoms with van der Waals surface area (Å²) in [5.41, 5.74) is 6.48. The van der Waals surface area contributed by atoms with Crippen molar-refractivity contribution in [1.29, 1.82) is 0 Å². The Bertz CT molecular complexity index is 1370. The van der Waals surface area contributed by atoms with Crippen LogP contribution in [0.2, 0.25) is 5.02 Å². The second kappa shape index (κ2) is 10.3. The molecule has 0 fully saturated rings. The zero-order valence-electron chi connectivity index (χ0n) is 18.9. The Morgan fingerprint density at radius 1 is 0.879 bits per heavy atom. The highest BCUT2D eigenvalue weighted by Gasteiger charge is 2.07. The lowest BCUT2D eigenvalue weighted by molar-refractivity contribution is 0.864. The molecule has 0 bridgehead atoms. The van der Waals surface area contributed by atoms with Gasteiger partial charge in [-0.15, -0.1) is 6.42 Å². The van der Waals surface area contributed by atoms with E-state index >= 15 is 0 Å². The molecular formula is C31H26ClN. The van der Waals surface area contributed by atoms with Crippen LogP contribution in [-0.2, 0) is 0 Å². The predicted molar refractivity (Wildman–Crippen MR) is 143 cm³/mol. The van der Waals surface area contributed by atoms with E-state index < -0.39 is 0 Å². The molecule has 3 aromatic carbocycles. The first-order valence-electron chi connectivity index (χ1n) is 11.1. The summed E-state index contributed by atoms with van der Waals surface area (Å²) in [7, 11) is 0. The summed E-state index contributed by atoms with van der Waals surface area (Å²) in [6.07, 6.45) is 14.2. The van der Waals surface area contributed by atoms with Gasteiger partial charge in [0.05, 0.1) is 17.1 Å². The van der Waals surface area contributed by atoms with Crippen molar-refractivity contribution in [3.63, 3.8) is 0 Å². The van der Waals surface area contributed by atoms with E-state index in [2.05, 4.69) is 86.5 Å². The zero-order chi connectivity index (χ0) is 23.2. The molecule has 1 unspecified atom stereocenters. The molecule has 0 N–H and O–H groups in total. The molecule has 1 atom stereocenters. The molecule has 33 heavy (non-hydrogen) atoms. The van der Waals surface area contributed by atoms with E-state index in [-0.39, 0.29) is 5.92 Å². The number of hydrogen-bond acceptors (Lipinski definition) is 1. The number of aromatic nitrogens is 1. The minimum absolute atomic E-state index is 0.0977.